The van der Waals surface area contributed by atoms with E-state index >= 15 is 0 Å². The first-order valence-corrected chi connectivity index (χ1v) is 9.76. The zero-order valence-electron chi connectivity index (χ0n) is 16.3. The van der Waals surface area contributed by atoms with Gasteiger partial charge in [0, 0.05) is 32.5 Å². The van der Waals surface area contributed by atoms with Crippen LogP contribution in [0.4, 0.5) is 11.6 Å². The van der Waals surface area contributed by atoms with Crippen molar-refractivity contribution in [3.05, 3.63) is 36.2 Å². The van der Waals surface area contributed by atoms with E-state index in [1.165, 1.54) is 0 Å². The Labute approximate surface area is 164 Å². The first-order chi connectivity index (χ1) is 13.6. The number of fused-ring (bicyclic) bond motifs is 1. The Kier molecular flexibility index (Phi) is 5.59. The normalized spacial score (nSPS) is 27.4. The van der Waals surface area contributed by atoms with Gasteiger partial charge in [-0.25, -0.2) is 4.98 Å². The smallest absolute Gasteiger partial charge is 0.239 e. The highest BCUT2D eigenvalue weighted by Crippen LogP contribution is 2.38. The average Bonchev–Trinajstić information content (AvgIpc) is 3.26. The van der Waals surface area contributed by atoms with Crippen LogP contribution in [0.2, 0.25) is 0 Å². The summed E-state index contributed by atoms with van der Waals surface area (Å²) in [4.78, 5) is 18.9. The lowest BCUT2D eigenvalue weighted by atomic mass is 9.77. The number of methoxy groups -OCH3 is 1. The fourth-order valence-corrected chi connectivity index (χ4v) is 4.50. The maximum atomic E-state index is 12.3. The van der Waals surface area contributed by atoms with Gasteiger partial charge in [0.2, 0.25) is 5.91 Å². The Morgan fingerprint density at radius 3 is 2.79 bits per heavy atom. The van der Waals surface area contributed by atoms with Crippen molar-refractivity contribution in [3.8, 4) is 0 Å². The molecular weight excluding hydrogens is 358 g/mol. The fraction of sp³-hybridized carbons (Fsp3) is 0.550. The molecule has 4 rings (SSSR count). The number of anilines is 2. The van der Waals surface area contributed by atoms with Gasteiger partial charge in [0.15, 0.2) is 5.82 Å². The quantitative estimate of drug-likeness (QED) is 0.787. The number of nitrogens with zero attached hydrogens (tertiary/aromatic N) is 3. The summed E-state index contributed by atoms with van der Waals surface area (Å²) in [6.45, 7) is 4.02. The van der Waals surface area contributed by atoms with Gasteiger partial charge in [0.05, 0.1) is 18.7 Å². The Balaban J connectivity index is 1.33. The lowest BCUT2D eigenvalue weighted by Crippen LogP contribution is -2.44. The monoisotopic (exact) mass is 385 g/mol. The molecule has 1 aliphatic carbocycles. The van der Waals surface area contributed by atoms with Gasteiger partial charge in [-0.15, -0.1) is 0 Å². The van der Waals surface area contributed by atoms with Gasteiger partial charge in [-0.05, 0) is 43.7 Å². The molecule has 0 radical (unpaired) electrons. The molecule has 0 unspecified atom stereocenters. The number of aryl methyl sites for hydroxylation is 1. The number of rotatable bonds is 6. The summed E-state index contributed by atoms with van der Waals surface area (Å²) < 4.78 is 10.8. The van der Waals surface area contributed by atoms with Crippen LogP contribution in [0, 0.1) is 18.8 Å². The molecule has 8 nitrogen and oxygen atoms in total. The van der Waals surface area contributed by atoms with Crippen LogP contribution in [-0.2, 0) is 9.53 Å². The molecule has 2 aromatic heterocycles. The molecule has 28 heavy (non-hydrogen) atoms. The number of ether oxygens (including phenoxy) is 1. The maximum absolute atomic E-state index is 12.3. The molecule has 8 heteroatoms. The standard InChI is InChI=1S/C20H27N5O3/c1-13-7-19(24-28-13)23-20(26)12-25-10-14-8-16(17(27-2)9-15(14)11-25)22-18-5-3-4-6-21-18/h3-7,14-17H,8-12H2,1-2H3,(H,21,22)(H,23,24,26)/t14-,15+,16-,17-/m1/s1. The molecule has 2 N–H and O–H groups in total. The summed E-state index contributed by atoms with van der Waals surface area (Å²) in [6, 6.07) is 7.83. The van der Waals surface area contributed by atoms with E-state index < -0.39 is 0 Å². The lowest BCUT2D eigenvalue weighted by Gasteiger charge is -2.37. The number of hydrogen-bond donors (Lipinski definition) is 2. The number of nitrogens with one attached hydrogen (secondary N) is 2. The van der Waals surface area contributed by atoms with Crippen LogP contribution >= 0.6 is 0 Å². The third-order valence-corrected chi connectivity index (χ3v) is 5.76. The molecular formula is C20H27N5O3. The summed E-state index contributed by atoms with van der Waals surface area (Å²) in [5, 5.41) is 10.2. The van der Waals surface area contributed by atoms with Crippen LogP contribution in [0.1, 0.15) is 18.6 Å². The minimum Gasteiger partial charge on any atom is -0.379 e. The van der Waals surface area contributed by atoms with Gasteiger partial charge in [-0.1, -0.05) is 11.2 Å². The molecule has 0 aromatic carbocycles. The van der Waals surface area contributed by atoms with Crippen LogP contribution in [-0.4, -0.2) is 59.8 Å². The molecule has 2 fully saturated rings. The van der Waals surface area contributed by atoms with Crippen molar-refractivity contribution in [3.63, 3.8) is 0 Å². The predicted octanol–water partition coefficient (Wildman–Crippen LogP) is 2.15. The van der Waals surface area contributed by atoms with Gasteiger partial charge in [0.25, 0.3) is 0 Å². The predicted molar refractivity (Wildman–Crippen MR) is 105 cm³/mol. The minimum absolute atomic E-state index is 0.0570. The summed E-state index contributed by atoms with van der Waals surface area (Å²) >= 11 is 0. The van der Waals surface area contributed by atoms with Crippen molar-refractivity contribution >= 4 is 17.5 Å². The SMILES string of the molecule is CO[C@@H]1C[C@H]2CN(CC(=O)Nc3cc(C)on3)C[C@H]2C[C@H]1Nc1ccccn1. The number of carbonyl (C=O) groups is 1. The lowest BCUT2D eigenvalue weighted by molar-refractivity contribution is -0.117. The van der Waals surface area contributed by atoms with Crippen LogP contribution in [0.5, 0.6) is 0 Å². The van der Waals surface area contributed by atoms with Crippen molar-refractivity contribution in [1.82, 2.24) is 15.0 Å². The zero-order valence-corrected chi connectivity index (χ0v) is 16.3. The van der Waals surface area contributed by atoms with E-state index in [9.17, 15) is 4.79 Å². The van der Waals surface area contributed by atoms with Crippen LogP contribution < -0.4 is 10.6 Å². The molecule has 1 saturated carbocycles. The van der Waals surface area contributed by atoms with Crippen molar-refractivity contribution in [1.29, 1.82) is 0 Å². The number of amides is 1. The van der Waals surface area contributed by atoms with Gasteiger partial charge in [0.1, 0.15) is 11.6 Å². The number of pyridine rings is 1. The first kappa shape index (κ1) is 18.9. The molecule has 1 saturated heterocycles. The number of aromatic nitrogens is 2. The second-order valence-electron chi connectivity index (χ2n) is 7.80. The molecule has 1 aliphatic heterocycles. The highest BCUT2D eigenvalue weighted by Gasteiger charge is 2.42. The van der Waals surface area contributed by atoms with Crippen molar-refractivity contribution < 1.29 is 14.1 Å². The third kappa shape index (κ3) is 4.34. The highest BCUT2D eigenvalue weighted by atomic mass is 16.5. The molecule has 2 aromatic rings. The van der Waals surface area contributed by atoms with E-state index in [4.69, 9.17) is 9.26 Å². The zero-order chi connectivity index (χ0) is 19.5. The van der Waals surface area contributed by atoms with Crippen molar-refractivity contribution in [2.75, 3.05) is 37.4 Å². The second-order valence-corrected chi connectivity index (χ2v) is 7.80. The van der Waals surface area contributed by atoms with Crippen LogP contribution in [0.3, 0.4) is 0 Å². The molecule has 150 valence electrons. The summed E-state index contributed by atoms with van der Waals surface area (Å²) in [5.74, 6) is 3.07. The number of carbonyl (C=O) groups excluding carboxylic acids is 1. The molecule has 1 amide bonds. The van der Waals surface area contributed by atoms with E-state index in [0.717, 1.165) is 31.7 Å². The summed E-state index contributed by atoms with van der Waals surface area (Å²) in [7, 11) is 1.78. The number of likely N-dealkylation sites (tertiary alicyclic amines) is 1. The molecule has 3 heterocycles. The minimum atomic E-state index is -0.0570. The van der Waals surface area contributed by atoms with E-state index in [2.05, 4.69) is 25.7 Å². The summed E-state index contributed by atoms with van der Waals surface area (Å²) in [5.41, 5.74) is 0. The van der Waals surface area contributed by atoms with Gasteiger partial charge in [-0.2, -0.15) is 0 Å². The average molecular weight is 385 g/mol. The van der Waals surface area contributed by atoms with Crippen LogP contribution in [0.15, 0.2) is 35.0 Å². The fourth-order valence-electron chi connectivity index (χ4n) is 4.50. The number of hydrogen-bond acceptors (Lipinski definition) is 7. The van der Waals surface area contributed by atoms with Gasteiger partial charge < -0.3 is 19.9 Å². The summed E-state index contributed by atoms with van der Waals surface area (Å²) in [6.07, 6.45) is 3.95. The molecule has 2 aliphatic rings. The Bertz CT molecular complexity index is 796. The van der Waals surface area contributed by atoms with Crippen molar-refractivity contribution in [2.24, 2.45) is 11.8 Å². The Morgan fingerprint density at radius 2 is 2.11 bits per heavy atom. The molecule has 0 bridgehead atoms. The topological polar surface area (TPSA) is 92.5 Å². The van der Waals surface area contributed by atoms with Gasteiger partial charge >= 0.3 is 0 Å². The van der Waals surface area contributed by atoms with Crippen LogP contribution in [0.25, 0.3) is 0 Å². The largest absolute Gasteiger partial charge is 0.379 e. The van der Waals surface area contributed by atoms with E-state index in [0.29, 0.717) is 30.0 Å². The van der Waals surface area contributed by atoms with E-state index in [1.807, 2.05) is 18.2 Å². The highest BCUT2D eigenvalue weighted by molar-refractivity contribution is 5.91. The van der Waals surface area contributed by atoms with Gasteiger partial charge in [-0.3, -0.25) is 9.69 Å². The second kappa shape index (κ2) is 8.28. The molecule has 0 spiro atoms. The van der Waals surface area contributed by atoms with E-state index in [1.54, 1.807) is 26.3 Å². The van der Waals surface area contributed by atoms with Crippen molar-refractivity contribution in [2.45, 2.75) is 31.9 Å². The Hall–Kier alpha value is -2.45. The third-order valence-electron chi connectivity index (χ3n) is 5.76. The molecule has 4 atom stereocenters. The first-order valence-electron chi connectivity index (χ1n) is 9.76. The Morgan fingerprint density at radius 1 is 1.29 bits per heavy atom. The van der Waals surface area contributed by atoms with E-state index in [-0.39, 0.29) is 18.1 Å². The maximum Gasteiger partial charge on any atom is 0.239 e.